The molecule has 1 nitrogen and oxygen atoms in total. The van der Waals surface area contributed by atoms with Crippen molar-refractivity contribution < 1.29 is 9.18 Å². The molecule has 0 bridgehead atoms. The topological polar surface area (TPSA) is 17.1 Å². The molecule has 0 aromatic carbocycles. The zero-order valence-corrected chi connectivity index (χ0v) is 5.28. The van der Waals surface area contributed by atoms with Gasteiger partial charge in [-0.3, -0.25) is 0 Å². The molecule has 0 aliphatic heterocycles. The minimum absolute atomic E-state index is 0.0324. The van der Waals surface area contributed by atoms with Crippen molar-refractivity contribution in [2.75, 3.05) is 0 Å². The largest absolute Gasteiger partial charge is 0.307 e. The van der Waals surface area contributed by atoms with E-state index in [9.17, 15) is 4.39 Å². The van der Waals surface area contributed by atoms with Crippen molar-refractivity contribution in [1.82, 2.24) is 0 Å². The van der Waals surface area contributed by atoms with Crippen molar-refractivity contribution in [1.29, 1.82) is 0 Å². The van der Waals surface area contributed by atoms with Gasteiger partial charge in [0, 0.05) is 0 Å². The van der Waals surface area contributed by atoms with E-state index in [1.165, 1.54) is 6.08 Å². The summed E-state index contributed by atoms with van der Waals surface area (Å²) < 4.78 is 11.7. The molecular formula is C6H11FO. The Labute approximate surface area is 49.2 Å². The summed E-state index contributed by atoms with van der Waals surface area (Å²) in [4.78, 5) is 8.00. The molecule has 0 N–H and O–H groups in total. The fraction of sp³-hybridized carbons (Fsp3) is 0.500. The summed E-state index contributed by atoms with van der Waals surface area (Å²) in [5.74, 6) is -0.0324. The highest BCUT2D eigenvalue weighted by Gasteiger charge is 1.79. The zero-order valence-electron chi connectivity index (χ0n) is 5.28. The predicted molar refractivity (Wildman–Crippen MR) is 32.3 cm³/mol. The Hall–Kier alpha value is -0.660. The average Bonchev–Trinajstić information content (AvgIpc) is 1.91. The van der Waals surface area contributed by atoms with Crippen LogP contribution in [-0.2, 0) is 4.79 Å². The van der Waals surface area contributed by atoms with Crippen LogP contribution in [0.1, 0.15) is 20.3 Å². The molecule has 0 atom stereocenters. The monoisotopic (exact) mass is 118 g/mol. The van der Waals surface area contributed by atoms with E-state index in [2.05, 4.69) is 0 Å². The molecule has 0 radical (unpaired) electrons. The first kappa shape index (κ1) is 10.3. The van der Waals surface area contributed by atoms with Crippen LogP contribution in [0.25, 0.3) is 0 Å². The molecule has 2 heteroatoms. The number of carbonyl (C=O) groups excluding carboxylic acids is 1. The molecule has 0 saturated carbocycles. The summed E-state index contributed by atoms with van der Waals surface area (Å²) in [5.41, 5.74) is 0. The summed E-state index contributed by atoms with van der Waals surface area (Å²) in [6.45, 7) is 5.48. The van der Waals surface area contributed by atoms with Gasteiger partial charge in [0.1, 0.15) is 6.79 Å². The van der Waals surface area contributed by atoms with Crippen molar-refractivity contribution in [2.45, 2.75) is 20.3 Å². The standard InChI is InChI=1S/C5H9F.CH2O/c1-3-5(6)4-2;1-2/h3H,4H2,1-2H3;1H2/b5-3+;. The smallest absolute Gasteiger partial charge is 0.106 e. The van der Waals surface area contributed by atoms with Crippen molar-refractivity contribution in [2.24, 2.45) is 0 Å². The van der Waals surface area contributed by atoms with Crippen LogP contribution in [-0.4, -0.2) is 6.79 Å². The van der Waals surface area contributed by atoms with Gasteiger partial charge < -0.3 is 4.79 Å². The first-order valence-corrected chi connectivity index (χ1v) is 2.40. The minimum atomic E-state index is -0.0324. The molecule has 0 heterocycles. The van der Waals surface area contributed by atoms with Gasteiger partial charge in [0.25, 0.3) is 0 Å². The van der Waals surface area contributed by atoms with E-state index < -0.39 is 0 Å². The van der Waals surface area contributed by atoms with E-state index in [0.29, 0.717) is 6.42 Å². The van der Waals surface area contributed by atoms with Crippen LogP contribution < -0.4 is 0 Å². The lowest BCUT2D eigenvalue weighted by molar-refractivity contribution is -0.0979. The van der Waals surface area contributed by atoms with Gasteiger partial charge in [-0.05, 0) is 13.3 Å². The summed E-state index contributed by atoms with van der Waals surface area (Å²) >= 11 is 0. The van der Waals surface area contributed by atoms with E-state index in [4.69, 9.17) is 4.79 Å². The molecule has 0 rings (SSSR count). The Morgan fingerprint density at radius 3 is 2.12 bits per heavy atom. The maximum Gasteiger partial charge on any atom is 0.106 e. The molecule has 8 heavy (non-hydrogen) atoms. The summed E-state index contributed by atoms with van der Waals surface area (Å²) in [6, 6.07) is 0. The number of hydrogen-bond acceptors (Lipinski definition) is 1. The highest BCUT2D eigenvalue weighted by Crippen LogP contribution is 1.98. The molecule has 0 aliphatic rings. The first-order valence-electron chi connectivity index (χ1n) is 2.40. The second-order valence-electron chi connectivity index (χ2n) is 1.09. The third-order valence-electron chi connectivity index (χ3n) is 0.651. The molecule has 0 amide bonds. The van der Waals surface area contributed by atoms with Crippen LogP contribution in [0.5, 0.6) is 0 Å². The Bertz CT molecular complexity index is 68.9. The normalized spacial score (nSPS) is 9.62. The van der Waals surface area contributed by atoms with Crippen LogP contribution >= 0.6 is 0 Å². The molecule has 0 spiro atoms. The quantitative estimate of drug-likeness (QED) is 0.515. The molecule has 0 unspecified atom stereocenters. The zero-order chi connectivity index (χ0) is 6.99. The fourth-order valence-corrected chi connectivity index (χ4v) is 0.204. The number of hydrogen-bond donors (Lipinski definition) is 0. The van der Waals surface area contributed by atoms with E-state index in [-0.39, 0.29) is 5.83 Å². The van der Waals surface area contributed by atoms with Crippen molar-refractivity contribution in [3.05, 3.63) is 11.9 Å². The Kier molecular flexibility index (Phi) is 12.4. The fourth-order valence-electron chi connectivity index (χ4n) is 0.204. The maximum atomic E-state index is 11.7. The van der Waals surface area contributed by atoms with Gasteiger partial charge in [-0.2, -0.15) is 0 Å². The molecule has 0 fully saturated rings. The Balaban J connectivity index is 0. The Morgan fingerprint density at radius 2 is 2.12 bits per heavy atom. The lowest BCUT2D eigenvalue weighted by atomic mass is 10.4. The van der Waals surface area contributed by atoms with Crippen LogP contribution in [0.15, 0.2) is 11.9 Å². The highest BCUT2D eigenvalue weighted by molar-refractivity contribution is 5.10. The van der Waals surface area contributed by atoms with Crippen molar-refractivity contribution >= 4 is 6.79 Å². The molecule has 48 valence electrons. The second-order valence-corrected chi connectivity index (χ2v) is 1.09. The van der Waals surface area contributed by atoms with Crippen molar-refractivity contribution in [3.8, 4) is 0 Å². The van der Waals surface area contributed by atoms with Gasteiger partial charge in [-0.25, -0.2) is 4.39 Å². The third-order valence-corrected chi connectivity index (χ3v) is 0.651. The average molecular weight is 118 g/mol. The van der Waals surface area contributed by atoms with Gasteiger partial charge in [0.2, 0.25) is 0 Å². The highest BCUT2D eigenvalue weighted by atomic mass is 19.1. The lowest BCUT2D eigenvalue weighted by Gasteiger charge is -1.79. The van der Waals surface area contributed by atoms with E-state index in [1.54, 1.807) is 13.8 Å². The van der Waals surface area contributed by atoms with Crippen LogP contribution in [0, 0.1) is 0 Å². The van der Waals surface area contributed by atoms with E-state index in [0.717, 1.165) is 0 Å². The van der Waals surface area contributed by atoms with E-state index >= 15 is 0 Å². The van der Waals surface area contributed by atoms with Gasteiger partial charge in [0.15, 0.2) is 0 Å². The molecule has 0 aromatic rings. The summed E-state index contributed by atoms with van der Waals surface area (Å²) in [5, 5.41) is 0. The SMILES string of the molecule is C/C=C(/F)CC.C=O. The molecule has 0 saturated heterocycles. The molecule has 0 aliphatic carbocycles. The lowest BCUT2D eigenvalue weighted by Crippen LogP contribution is -1.61. The van der Waals surface area contributed by atoms with E-state index in [1.807, 2.05) is 6.79 Å². The van der Waals surface area contributed by atoms with Crippen LogP contribution in [0.4, 0.5) is 4.39 Å². The van der Waals surface area contributed by atoms with Gasteiger partial charge in [0.05, 0.1) is 5.83 Å². The third kappa shape index (κ3) is 9.02. The maximum absolute atomic E-state index is 11.7. The van der Waals surface area contributed by atoms with Gasteiger partial charge in [-0.15, -0.1) is 0 Å². The van der Waals surface area contributed by atoms with Gasteiger partial charge >= 0.3 is 0 Å². The van der Waals surface area contributed by atoms with Crippen LogP contribution in [0.2, 0.25) is 0 Å². The number of halogens is 1. The van der Waals surface area contributed by atoms with Gasteiger partial charge in [-0.1, -0.05) is 13.0 Å². The number of rotatable bonds is 1. The summed E-state index contributed by atoms with van der Waals surface area (Å²) in [6.07, 6.45) is 2.00. The molecule has 0 aromatic heterocycles. The molecular weight excluding hydrogens is 107 g/mol. The van der Waals surface area contributed by atoms with Crippen molar-refractivity contribution in [3.63, 3.8) is 0 Å². The summed E-state index contributed by atoms with van der Waals surface area (Å²) in [7, 11) is 0. The van der Waals surface area contributed by atoms with Crippen LogP contribution in [0.3, 0.4) is 0 Å². The number of carbonyl (C=O) groups is 1. The second kappa shape index (κ2) is 9.60. The minimum Gasteiger partial charge on any atom is -0.307 e. The number of allylic oxidation sites excluding steroid dienone is 2. The first-order chi connectivity index (χ1) is 3.81. The predicted octanol–water partition coefficient (Wildman–Crippen LogP) is 2.08. The Morgan fingerprint density at radius 1 is 1.75 bits per heavy atom.